The molecule has 2 atom stereocenters. The third-order valence-electron chi connectivity index (χ3n) is 3.90. The highest BCUT2D eigenvalue weighted by Gasteiger charge is 2.34. The lowest BCUT2D eigenvalue weighted by atomic mass is 10.1. The summed E-state index contributed by atoms with van der Waals surface area (Å²) in [6.45, 7) is 7.37. The van der Waals surface area contributed by atoms with E-state index < -0.39 is 0 Å². The van der Waals surface area contributed by atoms with Gasteiger partial charge >= 0.3 is 0 Å². The first-order valence-corrected chi connectivity index (χ1v) is 8.50. The molecular formula is C17H23BrN2O2. The average Bonchev–Trinajstić information content (AvgIpc) is 2.80. The number of nitrogens with zero attached hydrogens (tertiary/aromatic N) is 1. The maximum Gasteiger partial charge on any atom is 0.225 e. The maximum absolute atomic E-state index is 12.4. The first kappa shape index (κ1) is 17.0. The van der Waals surface area contributed by atoms with Crippen LogP contribution in [0.5, 0.6) is 0 Å². The third kappa shape index (κ3) is 4.09. The average molecular weight is 367 g/mol. The molecule has 120 valence electrons. The lowest BCUT2D eigenvalue weighted by Gasteiger charge is -2.20. The van der Waals surface area contributed by atoms with Gasteiger partial charge < -0.3 is 10.2 Å². The van der Waals surface area contributed by atoms with E-state index in [2.05, 4.69) is 35.1 Å². The molecular weight excluding hydrogens is 344 g/mol. The Bertz CT molecular complexity index is 559. The minimum atomic E-state index is -0.240. The Labute approximate surface area is 140 Å². The van der Waals surface area contributed by atoms with Gasteiger partial charge in [-0.15, -0.1) is 0 Å². The van der Waals surface area contributed by atoms with E-state index in [-0.39, 0.29) is 23.8 Å². The molecule has 0 unspecified atom stereocenters. The van der Waals surface area contributed by atoms with Crippen molar-refractivity contribution in [3.8, 4) is 0 Å². The molecule has 0 saturated carbocycles. The molecule has 0 bridgehead atoms. The van der Waals surface area contributed by atoms with E-state index in [1.807, 2.05) is 31.2 Å². The zero-order chi connectivity index (χ0) is 16.3. The quantitative estimate of drug-likeness (QED) is 0.869. The molecule has 1 aliphatic rings. The van der Waals surface area contributed by atoms with Gasteiger partial charge in [0.05, 0.1) is 12.0 Å². The van der Waals surface area contributed by atoms with Gasteiger partial charge in [0.15, 0.2) is 0 Å². The second-order valence-corrected chi connectivity index (χ2v) is 7.20. The molecule has 1 aromatic rings. The Hall–Kier alpha value is -1.36. The summed E-state index contributed by atoms with van der Waals surface area (Å²) in [6, 6.07) is 7.76. The van der Waals surface area contributed by atoms with Crippen LogP contribution in [-0.4, -0.2) is 29.8 Å². The lowest BCUT2D eigenvalue weighted by molar-refractivity contribution is -0.129. The van der Waals surface area contributed by atoms with E-state index in [0.717, 1.165) is 16.6 Å². The number of amides is 2. The molecule has 0 aromatic heterocycles. The number of halogens is 1. The largest absolute Gasteiger partial charge is 0.349 e. The molecule has 2 rings (SSSR count). The van der Waals surface area contributed by atoms with Crippen LogP contribution >= 0.6 is 15.9 Å². The third-order valence-corrected chi connectivity index (χ3v) is 4.62. The molecule has 0 radical (unpaired) electrons. The molecule has 1 aliphatic heterocycles. The van der Waals surface area contributed by atoms with E-state index in [1.54, 1.807) is 4.90 Å². The normalized spacial score (nSPS) is 19.6. The predicted molar refractivity (Wildman–Crippen MR) is 90.2 cm³/mol. The van der Waals surface area contributed by atoms with Crippen LogP contribution in [0.4, 0.5) is 0 Å². The van der Waals surface area contributed by atoms with Gasteiger partial charge in [-0.25, -0.2) is 0 Å². The van der Waals surface area contributed by atoms with Gasteiger partial charge in [0.1, 0.15) is 0 Å². The highest BCUT2D eigenvalue weighted by Crippen LogP contribution is 2.24. The highest BCUT2D eigenvalue weighted by atomic mass is 79.9. The number of benzene rings is 1. The number of likely N-dealkylation sites (tertiary alicyclic amines) is 1. The van der Waals surface area contributed by atoms with Gasteiger partial charge in [0.25, 0.3) is 0 Å². The molecule has 1 saturated heterocycles. The van der Waals surface area contributed by atoms with E-state index in [0.29, 0.717) is 18.9 Å². The molecule has 5 heteroatoms. The van der Waals surface area contributed by atoms with E-state index in [1.165, 1.54) is 0 Å². The summed E-state index contributed by atoms with van der Waals surface area (Å²) in [5, 5.41) is 3.03. The van der Waals surface area contributed by atoms with Crippen LogP contribution < -0.4 is 5.32 Å². The fourth-order valence-electron chi connectivity index (χ4n) is 2.80. The second kappa shape index (κ2) is 7.27. The number of rotatable bonds is 5. The van der Waals surface area contributed by atoms with Crippen LogP contribution in [0.25, 0.3) is 0 Å². The minimum absolute atomic E-state index is 0.0390. The van der Waals surface area contributed by atoms with E-state index >= 15 is 0 Å². The Morgan fingerprint density at radius 3 is 2.68 bits per heavy atom. The summed E-state index contributed by atoms with van der Waals surface area (Å²) in [6.07, 6.45) is 0.321. The van der Waals surface area contributed by atoms with Crippen molar-refractivity contribution >= 4 is 27.7 Å². The van der Waals surface area contributed by atoms with E-state index in [9.17, 15) is 9.59 Å². The Balaban J connectivity index is 1.96. The van der Waals surface area contributed by atoms with Crippen molar-refractivity contribution in [2.24, 2.45) is 11.8 Å². The number of carbonyl (C=O) groups excluding carboxylic acids is 2. The monoisotopic (exact) mass is 366 g/mol. The summed E-state index contributed by atoms with van der Waals surface area (Å²) in [7, 11) is 0. The van der Waals surface area contributed by atoms with Crippen LogP contribution in [0, 0.1) is 11.8 Å². The lowest BCUT2D eigenvalue weighted by Crippen LogP contribution is -2.35. The van der Waals surface area contributed by atoms with Crippen LogP contribution in [0.3, 0.4) is 0 Å². The van der Waals surface area contributed by atoms with Crippen LogP contribution in [0.2, 0.25) is 0 Å². The first-order chi connectivity index (χ1) is 10.4. The van der Waals surface area contributed by atoms with Crippen molar-refractivity contribution < 1.29 is 9.59 Å². The van der Waals surface area contributed by atoms with Crippen LogP contribution in [-0.2, 0) is 9.59 Å². The molecule has 22 heavy (non-hydrogen) atoms. The standard InChI is InChI=1S/C17H23BrN2O2/c1-11(2)9-20-10-13(8-16(20)21)17(22)19-12(3)14-6-4-5-7-15(14)18/h4-7,11-13H,8-10H2,1-3H3,(H,19,22)/t12-,13-/m0/s1. The summed E-state index contributed by atoms with van der Waals surface area (Å²) in [4.78, 5) is 26.2. The molecule has 1 aromatic carbocycles. The van der Waals surface area contributed by atoms with Crippen molar-refractivity contribution in [1.82, 2.24) is 10.2 Å². The first-order valence-electron chi connectivity index (χ1n) is 7.71. The SMILES string of the molecule is CC(C)CN1C[C@@H](C(=O)N[C@@H](C)c2ccccc2Br)CC1=O. The topological polar surface area (TPSA) is 49.4 Å². The van der Waals surface area contributed by atoms with Crippen molar-refractivity contribution in [3.63, 3.8) is 0 Å². The molecule has 1 N–H and O–H groups in total. The summed E-state index contributed by atoms with van der Waals surface area (Å²) in [5.74, 6) is 0.228. The molecule has 2 amide bonds. The van der Waals surface area contributed by atoms with Gasteiger partial charge in [-0.3, -0.25) is 9.59 Å². The maximum atomic E-state index is 12.4. The van der Waals surface area contributed by atoms with Gasteiger partial charge in [0.2, 0.25) is 11.8 Å². The second-order valence-electron chi connectivity index (χ2n) is 6.35. The molecule has 0 aliphatic carbocycles. The molecule has 1 heterocycles. The summed E-state index contributed by atoms with van der Waals surface area (Å²) < 4.78 is 0.978. The van der Waals surface area contributed by atoms with Gasteiger partial charge in [0, 0.05) is 24.0 Å². The number of hydrogen-bond donors (Lipinski definition) is 1. The smallest absolute Gasteiger partial charge is 0.225 e. The molecule has 4 nitrogen and oxygen atoms in total. The van der Waals surface area contributed by atoms with Crippen molar-refractivity contribution in [1.29, 1.82) is 0 Å². The number of carbonyl (C=O) groups is 2. The number of nitrogens with one attached hydrogen (secondary N) is 1. The fourth-order valence-corrected chi connectivity index (χ4v) is 3.43. The Morgan fingerprint density at radius 2 is 2.05 bits per heavy atom. The summed E-state index contributed by atoms with van der Waals surface area (Å²) in [5.41, 5.74) is 1.04. The fraction of sp³-hybridized carbons (Fsp3) is 0.529. The van der Waals surface area contributed by atoms with Crippen LogP contribution in [0.15, 0.2) is 28.7 Å². The molecule has 0 spiro atoms. The minimum Gasteiger partial charge on any atom is -0.349 e. The van der Waals surface area contributed by atoms with Crippen molar-refractivity contribution in [3.05, 3.63) is 34.3 Å². The van der Waals surface area contributed by atoms with Gasteiger partial charge in [-0.2, -0.15) is 0 Å². The zero-order valence-corrected chi connectivity index (χ0v) is 14.9. The predicted octanol–water partition coefficient (Wildman–Crippen LogP) is 3.13. The van der Waals surface area contributed by atoms with Gasteiger partial charge in [-0.05, 0) is 24.5 Å². The number of hydrogen-bond acceptors (Lipinski definition) is 2. The van der Waals surface area contributed by atoms with Gasteiger partial charge in [-0.1, -0.05) is 48.0 Å². The highest BCUT2D eigenvalue weighted by molar-refractivity contribution is 9.10. The molecule has 1 fully saturated rings. The van der Waals surface area contributed by atoms with Crippen molar-refractivity contribution in [2.75, 3.05) is 13.1 Å². The van der Waals surface area contributed by atoms with Crippen molar-refractivity contribution in [2.45, 2.75) is 33.2 Å². The zero-order valence-electron chi connectivity index (χ0n) is 13.3. The summed E-state index contributed by atoms with van der Waals surface area (Å²) >= 11 is 3.50. The van der Waals surface area contributed by atoms with E-state index in [4.69, 9.17) is 0 Å². The Kier molecular flexibility index (Phi) is 5.62. The Morgan fingerprint density at radius 1 is 1.36 bits per heavy atom. The van der Waals surface area contributed by atoms with Crippen LogP contribution in [0.1, 0.15) is 38.8 Å².